The lowest BCUT2D eigenvalue weighted by molar-refractivity contribution is 0.650. The normalized spacial score (nSPS) is 10.8. The summed E-state index contributed by atoms with van der Waals surface area (Å²) in [6.07, 6.45) is 5.99. The Morgan fingerprint density at radius 2 is 2.31 bits per heavy atom. The number of fused-ring (bicyclic) bond motifs is 1. The first kappa shape index (κ1) is 7.97. The third kappa shape index (κ3) is 1.22. The summed E-state index contributed by atoms with van der Waals surface area (Å²) in [6, 6.07) is 0. The molecule has 0 aliphatic carbocycles. The van der Waals surface area contributed by atoms with Crippen molar-refractivity contribution in [1.29, 1.82) is 0 Å². The molecule has 0 bridgehead atoms. The second-order valence-corrected chi connectivity index (χ2v) is 2.86. The molecule has 0 saturated carbocycles. The van der Waals surface area contributed by atoms with Crippen LogP contribution in [0.4, 0.5) is 0 Å². The SMILES string of the molecule is CCCn1ccn2cnnc2c1=O. The Balaban J connectivity index is 2.67. The number of rotatable bonds is 2. The molecule has 68 valence electrons. The highest BCUT2D eigenvalue weighted by molar-refractivity contribution is 5.32. The van der Waals surface area contributed by atoms with Gasteiger partial charge in [-0.2, -0.15) is 0 Å². The third-order valence-electron chi connectivity index (χ3n) is 1.90. The number of aryl methyl sites for hydroxylation is 1. The van der Waals surface area contributed by atoms with Gasteiger partial charge >= 0.3 is 0 Å². The van der Waals surface area contributed by atoms with Gasteiger partial charge in [-0.1, -0.05) is 6.92 Å². The van der Waals surface area contributed by atoms with E-state index in [1.54, 1.807) is 21.4 Å². The van der Waals surface area contributed by atoms with Crippen molar-refractivity contribution in [3.05, 3.63) is 29.1 Å². The van der Waals surface area contributed by atoms with Crippen molar-refractivity contribution in [3.63, 3.8) is 0 Å². The van der Waals surface area contributed by atoms with Crippen LogP contribution in [0.5, 0.6) is 0 Å². The highest BCUT2D eigenvalue weighted by Gasteiger charge is 2.02. The van der Waals surface area contributed by atoms with Gasteiger partial charge in [0.25, 0.3) is 5.56 Å². The first-order chi connectivity index (χ1) is 6.33. The predicted molar refractivity (Wildman–Crippen MR) is 47.5 cm³/mol. The summed E-state index contributed by atoms with van der Waals surface area (Å²) >= 11 is 0. The van der Waals surface area contributed by atoms with Crippen LogP contribution in [-0.4, -0.2) is 19.2 Å². The third-order valence-corrected chi connectivity index (χ3v) is 1.90. The second-order valence-electron chi connectivity index (χ2n) is 2.86. The zero-order valence-corrected chi connectivity index (χ0v) is 7.34. The summed E-state index contributed by atoms with van der Waals surface area (Å²) in [4.78, 5) is 11.6. The Kier molecular flexibility index (Phi) is 1.84. The summed E-state index contributed by atoms with van der Waals surface area (Å²) in [5.74, 6) is 0. The van der Waals surface area contributed by atoms with Gasteiger partial charge in [-0.3, -0.25) is 9.20 Å². The van der Waals surface area contributed by atoms with E-state index < -0.39 is 0 Å². The van der Waals surface area contributed by atoms with Crippen molar-refractivity contribution in [2.75, 3.05) is 0 Å². The van der Waals surface area contributed by atoms with Gasteiger partial charge in [-0.15, -0.1) is 10.2 Å². The second kappa shape index (κ2) is 3.01. The van der Waals surface area contributed by atoms with Crippen LogP contribution < -0.4 is 5.56 Å². The Morgan fingerprint density at radius 3 is 3.08 bits per heavy atom. The molecule has 0 spiro atoms. The lowest BCUT2D eigenvalue weighted by Crippen LogP contribution is -2.21. The molecule has 13 heavy (non-hydrogen) atoms. The Morgan fingerprint density at radius 1 is 1.46 bits per heavy atom. The van der Waals surface area contributed by atoms with Crippen LogP contribution in [0, 0.1) is 0 Å². The zero-order chi connectivity index (χ0) is 9.26. The first-order valence-electron chi connectivity index (χ1n) is 4.21. The molecular formula is C8H10N4O. The molecule has 0 atom stereocenters. The van der Waals surface area contributed by atoms with E-state index in [0.717, 1.165) is 13.0 Å². The molecule has 0 aliphatic heterocycles. The van der Waals surface area contributed by atoms with E-state index in [1.807, 2.05) is 6.92 Å². The van der Waals surface area contributed by atoms with Crippen LogP contribution >= 0.6 is 0 Å². The molecule has 5 heteroatoms. The van der Waals surface area contributed by atoms with Crippen molar-refractivity contribution >= 4 is 5.65 Å². The van der Waals surface area contributed by atoms with Gasteiger partial charge in [-0.25, -0.2) is 0 Å². The quantitative estimate of drug-likeness (QED) is 0.664. The Labute approximate surface area is 74.6 Å². The van der Waals surface area contributed by atoms with Gasteiger partial charge in [0.1, 0.15) is 6.33 Å². The molecule has 0 radical (unpaired) electrons. The molecule has 2 aromatic rings. The van der Waals surface area contributed by atoms with E-state index >= 15 is 0 Å². The molecule has 0 N–H and O–H groups in total. The molecule has 5 nitrogen and oxygen atoms in total. The molecule has 2 rings (SSSR count). The van der Waals surface area contributed by atoms with Gasteiger partial charge in [0.05, 0.1) is 0 Å². The van der Waals surface area contributed by atoms with E-state index in [1.165, 1.54) is 6.33 Å². The van der Waals surface area contributed by atoms with Crippen molar-refractivity contribution in [2.45, 2.75) is 19.9 Å². The van der Waals surface area contributed by atoms with E-state index in [2.05, 4.69) is 10.2 Å². The zero-order valence-electron chi connectivity index (χ0n) is 7.34. The van der Waals surface area contributed by atoms with Gasteiger partial charge in [-0.05, 0) is 6.42 Å². The summed E-state index contributed by atoms with van der Waals surface area (Å²) in [5, 5.41) is 7.40. The summed E-state index contributed by atoms with van der Waals surface area (Å²) in [7, 11) is 0. The molecule has 0 unspecified atom stereocenters. The van der Waals surface area contributed by atoms with Crippen molar-refractivity contribution in [3.8, 4) is 0 Å². The molecule has 0 fully saturated rings. The van der Waals surface area contributed by atoms with Crippen LogP contribution in [0.2, 0.25) is 0 Å². The molecule has 2 heterocycles. The molecule has 0 amide bonds. The molecule has 0 saturated heterocycles. The van der Waals surface area contributed by atoms with Crippen LogP contribution in [0.1, 0.15) is 13.3 Å². The first-order valence-corrected chi connectivity index (χ1v) is 4.21. The number of nitrogens with zero attached hydrogens (tertiary/aromatic N) is 4. The number of aromatic nitrogens is 4. The van der Waals surface area contributed by atoms with Crippen molar-refractivity contribution in [2.24, 2.45) is 0 Å². The van der Waals surface area contributed by atoms with Crippen molar-refractivity contribution in [1.82, 2.24) is 19.2 Å². The predicted octanol–water partition coefficient (Wildman–Crippen LogP) is 0.301. The molecule has 0 aromatic carbocycles. The Bertz CT molecular complexity index is 470. The maximum absolute atomic E-state index is 11.6. The smallest absolute Gasteiger partial charge is 0.296 e. The van der Waals surface area contributed by atoms with Crippen molar-refractivity contribution < 1.29 is 0 Å². The van der Waals surface area contributed by atoms with Gasteiger partial charge in [0.2, 0.25) is 5.65 Å². The fraction of sp³-hybridized carbons (Fsp3) is 0.375. The minimum absolute atomic E-state index is 0.0816. The highest BCUT2D eigenvalue weighted by Crippen LogP contribution is 1.91. The van der Waals surface area contributed by atoms with E-state index in [9.17, 15) is 4.79 Å². The van der Waals surface area contributed by atoms with Gasteiger partial charge in [0, 0.05) is 18.9 Å². The topological polar surface area (TPSA) is 52.2 Å². The summed E-state index contributed by atoms with van der Waals surface area (Å²) in [5.41, 5.74) is 0.304. The monoisotopic (exact) mass is 178 g/mol. The van der Waals surface area contributed by atoms with Gasteiger partial charge in [0.15, 0.2) is 0 Å². The van der Waals surface area contributed by atoms with E-state index in [0.29, 0.717) is 5.65 Å². The molecular weight excluding hydrogens is 168 g/mol. The van der Waals surface area contributed by atoms with Crippen LogP contribution in [-0.2, 0) is 6.54 Å². The van der Waals surface area contributed by atoms with E-state index in [-0.39, 0.29) is 5.56 Å². The maximum atomic E-state index is 11.6. The summed E-state index contributed by atoms with van der Waals surface area (Å²) in [6.45, 7) is 2.75. The molecule has 0 aliphatic rings. The summed E-state index contributed by atoms with van der Waals surface area (Å²) < 4.78 is 3.26. The average molecular weight is 178 g/mol. The number of hydrogen-bond acceptors (Lipinski definition) is 3. The fourth-order valence-corrected chi connectivity index (χ4v) is 1.27. The highest BCUT2D eigenvalue weighted by atomic mass is 16.1. The standard InChI is InChI=1S/C8H10N4O/c1-2-3-11-4-5-12-6-9-10-7(12)8(11)13/h4-6H,2-3H2,1H3. The lowest BCUT2D eigenvalue weighted by atomic mass is 10.4. The lowest BCUT2D eigenvalue weighted by Gasteiger charge is -2.01. The van der Waals surface area contributed by atoms with E-state index in [4.69, 9.17) is 0 Å². The van der Waals surface area contributed by atoms with Crippen LogP contribution in [0.3, 0.4) is 0 Å². The Hall–Kier alpha value is -1.65. The van der Waals surface area contributed by atoms with Crippen LogP contribution in [0.15, 0.2) is 23.5 Å². The van der Waals surface area contributed by atoms with Crippen LogP contribution in [0.25, 0.3) is 5.65 Å². The average Bonchev–Trinajstić information content (AvgIpc) is 2.58. The fourth-order valence-electron chi connectivity index (χ4n) is 1.27. The van der Waals surface area contributed by atoms with Gasteiger partial charge < -0.3 is 4.57 Å². The minimum atomic E-state index is -0.0816. The molecule has 2 aromatic heterocycles. The number of hydrogen-bond donors (Lipinski definition) is 0. The maximum Gasteiger partial charge on any atom is 0.296 e. The minimum Gasteiger partial charge on any atom is -0.311 e. The largest absolute Gasteiger partial charge is 0.311 e.